The van der Waals surface area contributed by atoms with Gasteiger partial charge in [-0.2, -0.15) is 0 Å². The van der Waals surface area contributed by atoms with Crippen molar-refractivity contribution < 1.29 is 9.84 Å². The Labute approximate surface area is 116 Å². The van der Waals surface area contributed by atoms with E-state index in [2.05, 4.69) is 11.8 Å². The minimum absolute atomic E-state index is 0.635. The van der Waals surface area contributed by atoms with E-state index in [0.717, 1.165) is 25.3 Å². The number of hydrogen-bond acceptors (Lipinski definition) is 4. The number of ether oxygens (including phenoxy) is 1. The zero-order valence-corrected chi connectivity index (χ0v) is 12.2. The summed E-state index contributed by atoms with van der Waals surface area (Å²) in [6.07, 6.45) is 0.915. The maximum atomic E-state index is 9.80. The van der Waals surface area contributed by atoms with Crippen molar-refractivity contribution in [2.24, 2.45) is 0 Å². The summed E-state index contributed by atoms with van der Waals surface area (Å²) in [4.78, 5) is 2.22. The molecular formula is C15H26N2O2. The van der Waals surface area contributed by atoms with Gasteiger partial charge in [0.1, 0.15) is 5.75 Å². The van der Waals surface area contributed by atoms with E-state index in [-0.39, 0.29) is 0 Å². The molecule has 0 aromatic heterocycles. The Morgan fingerprint density at radius 1 is 1.32 bits per heavy atom. The Bertz CT molecular complexity index is 375. The molecule has 0 saturated carbocycles. The first-order chi connectivity index (χ1) is 8.92. The number of rotatable bonds is 8. The number of para-hydroxylation sites is 2. The highest BCUT2D eigenvalue weighted by Crippen LogP contribution is 2.19. The molecule has 0 radical (unpaired) electrons. The van der Waals surface area contributed by atoms with Gasteiger partial charge in [0.05, 0.1) is 17.9 Å². The zero-order chi connectivity index (χ0) is 14.3. The van der Waals surface area contributed by atoms with Crippen LogP contribution in [0.4, 0.5) is 5.69 Å². The molecule has 19 heavy (non-hydrogen) atoms. The number of anilines is 1. The van der Waals surface area contributed by atoms with Crippen molar-refractivity contribution in [3.8, 4) is 5.75 Å². The van der Waals surface area contributed by atoms with Crippen molar-refractivity contribution >= 4 is 5.69 Å². The lowest BCUT2D eigenvalue weighted by Gasteiger charge is -2.27. The zero-order valence-electron chi connectivity index (χ0n) is 12.2. The van der Waals surface area contributed by atoms with Crippen molar-refractivity contribution in [3.05, 3.63) is 24.3 Å². The molecule has 4 nitrogen and oxygen atoms in total. The lowest BCUT2D eigenvalue weighted by molar-refractivity contribution is 0.0364. The van der Waals surface area contributed by atoms with Gasteiger partial charge in [0.25, 0.3) is 0 Å². The van der Waals surface area contributed by atoms with Gasteiger partial charge < -0.3 is 20.5 Å². The van der Waals surface area contributed by atoms with Crippen molar-refractivity contribution in [3.63, 3.8) is 0 Å². The number of nitrogen functional groups attached to an aromatic ring is 1. The Kier molecular flexibility index (Phi) is 6.12. The molecule has 1 rings (SSSR count). The number of nitrogens with zero attached hydrogens (tertiary/aromatic N) is 1. The van der Waals surface area contributed by atoms with E-state index in [1.807, 2.05) is 38.1 Å². The lowest BCUT2D eigenvalue weighted by atomic mass is 10.1. The maximum Gasteiger partial charge on any atom is 0.142 e. The molecule has 0 aliphatic carbocycles. The number of likely N-dealkylation sites (N-methyl/N-ethyl adjacent to an activating group) is 1. The molecule has 108 valence electrons. The van der Waals surface area contributed by atoms with Gasteiger partial charge in [-0.25, -0.2) is 0 Å². The van der Waals surface area contributed by atoms with Crippen LogP contribution in [0.2, 0.25) is 0 Å². The van der Waals surface area contributed by atoms with E-state index in [0.29, 0.717) is 18.8 Å². The third-order valence-electron chi connectivity index (χ3n) is 2.85. The molecule has 0 amide bonds. The highest BCUT2D eigenvalue weighted by atomic mass is 16.5. The Balaban J connectivity index is 2.28. The minimum Gasteiger partial charge on any atom is -0.491 e. The van der Waals surface area contributed by atoms with Gasteiger partial charge in [-0.05, 0) is 38.9 Å². The Morgan fingerprint density at radius 3 is 2.58 bits per heavy atom. The summed E-state index contributed by atoms with van der Waals surface area (Å²) in [5.41, 5.74) is 5.82. The van der Waals surface area contributed by atoms with Crippen LogP contribution in [0.1, 0.15) is 27.2 Å². The van der Waals surface area contributed by atoms with Gasteiger partial charge in [0.2, 0.25) is 0 Å². The monoisotopic (exact) mass is 266 g/mol. The first kappa shape index (κ1) is 15.8. The van der Waals surface area contributed by atoms with Crippen molar-refractivity contribution in [1.29, 1.82) is 0 Å². The van der Waals surface area contributed by atoms with E-state index in [1.165, 1.54) is 0 Å². The first-order valence-electron chi connectivity index (χ1n) is 6.84. The molecule has 0 heterocycles. The molecule has 0 atom stereocenters. The molecule has 3 N–H and O–H groups in total. The molecular weight excluding hydrogens is 240 g/mol. The number of hydrogen-bond donors (Lipinski definition) is 2. The minimum atomic E-state index is -0.652. The largest absolute Gasteiger partial charge is 0.491 e. The molecule has 0 saturated heterocycles. The Hall–Kier alpha value is -1.26. The summed E-state index contributed by atoms with van der Waals surface area (Å²) in [5.74, 6) is 0.744. The smallest absolute Gasteiger partial charge is 0.142 e. The van der Waals surface area contributed by atoms with Gasteiger partial charge in [0.15, 0.2) is 0 Å². The highest BCUT2D eigenvalue weighted by molar-refractivity contribution is 5.51. The second-order valence-corrected chi connectivity index (χ2v) is 5.42. The molecule has 0 aliphatic rings. The van der Waals surface area contributed by atoms with Gasteiger partial charge in [-0.1, -0.05) is 19.1 Å². The normalized spacial score (nSPS) is 11.8. The average molecular weight is 266 g/mol. The average Bonchev–Trinajstić information content (AvgIpc) is 2.33. The molecule has 4 heteroatoms. The van der Waals surface area contributed by atoms with Crippen LogP contribution in [-0.2, 0) is 0 Å². The van der Waals surface area contributed by atoms with Crippen LogP contribution < -0.4 is 10.5 Å². The SMILES string of the molecule is CCN(CCCOc1ccccc1N)CC(C)(C)O. The summed E-state index contributed by atoms with van der Waals surface area (Å²) in [6, 6.07) is 7.52. The van der Waals surface area contributed by atoms with Crippen molar-refractivity contribution in [2.75, 3.05) is 32.0 Å². The third-order valence-corrected chi connectivity index (χ3v) is 2.85. The maximum absolute atomic E-state index is 9.80. The molecule has 1 aromatic carbocycles. The fourth-order valence-electron chi connectivity index (χ4n) is 1.98. The predicted molar refractivity (Wildman–Crippen MR) is 79.4 cm³/mol. The Morgan fingerprint density at radius 2 is 2.00 bits per heavy atom. The van der Waals surface area contributed by atoms with Crippen LogP contribution in [0.25, 0.3) is 0 Å². The van der Waals surface area contributed by atoms with E-state index >= 15 is 0 Å². The van der Waals surface area contributed by atoms with Crippen LogP contribution in [0.3, 0.4) is 0 Å². The summed E-state index contributed by atoms with van der Waals surface area (Å²) >= 11 is 0. The lowest BCUT2D eigenvalue weighted by Crippen LogP contribution is -2.39. The summed E-state index contributed by atoms with van der Waals surface area (Å²) in [6.45, 7) is 8.91. The summed E-state index contributed by atoms with van der Waals surface area (Å²) in [7, 11) is 0. The van der Waals surface area contributed by atoms with Crippen LogP contribution in [-0.4, -0.2) is 41.8 Å². The van der Waals surface area contributed by atoms with Crippen LogP contribution in [0.5, 0.6) is 5.75 Å². The van der Waals surface area contributed by atoms with Crippen LogP contribution >= 0.6 is 0 Å². The molecule has 1 aromatic rings. The fraction of sp³-hybridized carbons (Fsp3) is 0.600. The van der Waals surface area contributed by atoms with E-state index in [4.69, 9.17) is 10.5 Å². The van der Waals surface area contributed by atoms with Gasteiger partial charge in [-0.3, -0.25) is 0 Å². The number of aliphatic hydroxyl groups is 1. The molecule has 0 unspecified atom stereocenters. The van der Waals surface area contributed by atoms with Gasteiger partial charge >= 0.3 is 0 Å². The van der Waals surface area contributed by atoms with Crippen molar-refractivity contribution in [1.82, 2.24) is 4.90 Å². The van der Waals surface area contributed by atoms with E-state index in [9.17, 15) is 5.11 Å². The van der Waals surface area contributed by atoms with E-state index < -0.39 is 5.60 Å². The standard InChI is InChI=1S/C15H26N2O2/c1-4-17(12-15(2,3)18)10-7-11-19-14-9-6-5-8-13(14)16/h5-6,8-9,18H,4,7,10-12,16H2,1-3H3. The highest BCUT2D eigenvalue weighted by Gasteiger charge is 2.16. The summed E-state index contributed by atoms with van der Waals surface area (Å²) in [5, 5.41) is 9.80. The molecule has 0 aliphatic heterocycles. The van der Waals surface area contributed by atoms with Crippen molar-refractivity contribution in [2.45, 2.75) is 32.8 Å². The first-order valence-corrected chi connectivity index (χ1v) is 6.84. The predicted octanol–water partition coefficient (Wildman–Crippen LogP) is 2.13. The van der Waals surface area contributed by atoms with Gasteiger partial charge in [-0.15, -0.1) is 0 Å². The third kappa shape index (κ3) is 6.45. The number of benzene rings is 1. The van der Waals surface area contributed by atoms with Crippen LogP contribution in [0, 0.1) is 0 Å². The van der Waals surface area contributed by atoms with E-state index in [1.54, 1.807) is 0 Å². The van der Waals surface area contributed by atoms with Crippen LogP contribution in [0.15, 0.2) is 24.3 Å². The molecule has 0 bridgehead atoms. The summed E-state index contributed by atoms with van der Waals surface area (Å²) < 4.78 is 5.65. The second kappa shape index (κ2) is 7.36. The number of nitrogens with two attached hydrogens (primary N) is 1. The fourth-order valence-corrected chi connectivity index (χ4v) is 1.98. The molecule has 0 spiro atoms. The second-order valence-electron chi connectivity index (χ2n) is 5.42. The quantitative estimate of drug-likeness (QED) is 0.559. The molecule has 0 fully saturated rings. The topological polar surface area (TPSA) is 58.7 Å². The van der Waals surface area contributed by atoms with Gasteiger partial charge in [0, 0.05) is 13.1 Å².